The first-order valence-electron chi connectivity index (χ1n) is 4.56. The molecule has 2 aromatic rings. The second-order valence-electron chi connectivity index (χ2n) is 3.35. The quantitative estimate of drug-likeness (QED) is 0.339. The Morgan fingerprint density at radius 1 is 1.12 bits per heavy atom. The number of benzene rings is 2. The summed E-state index contributed by atoms with van der Waals surface area (Å²) in [5, 5.41) is 11.8. The Morgan fingerprint density at radius 2 is 1.75 bits per heavy atom. The van der Waals surface area contributed by atoms with Gasteiger partial charge in [0.25, 0.3) is 0 Å². The van der Waals surface area contributed by atoms with Crippen LogP contribution >= 0.6 is 0 Å². The molecule has 0 fully saturated rings. The fourth-order valence-electron chi connectivity index (χ4n) is 1.67. The maximum atomic E-state index is 11.2. The van der Waals surface area contributed by atoms with Crippen molar-refractivity contribution in [2.24, 2.45) is 0 Å². The van der Waals surface area contributed by atoms with Crippen molar-refractivity contribution in [1.29, 1.82) is 0 Å². The van der Waals surface area contributed by atoms with Crippen molar-refractivity contribution in [2.45, 2.75) is 6.92 Å². The Labute approximate surface area is 115 Å². The van der Waals surface area contributed by atoms with E-state index < -0.39 is 5.97 Å². The van der Waals surface area contributed by atoms with Crippen LogP contribution in [0.1, 0.15) is 15.9 Å². The number of hydrogen-bond donors (Lipinski definition) is 0. The van der Waals surface area contributed by atoms with Crippen LogP contribution in [0.3, 0.4) is 0 Å². The zero-order chi connectivity index (χ0) is 10.8. The van der Waals surface area contributed by atoms with Gasteiger partial charge in [-0.15, -0.1) is 0 Å². The van der Waals surface area contributed by atoms with Crippen LogP contribution in [0.5, 0.6) is 0 Å². The molecule has 0 heterocycles. The van der Waals surface area contributed by atoms with Gasteiger partial charge in [0.05, 0.1) is 5.56 Å². The summed E-state index contributed by atoms with van der Waals surface area (Å²) in [6.07, 6.45) is 0. The number of hydrogen-bond acceptors (Lipinski definition) is 3. The van der Waals surface area contributed by atoms with Crippen LogP contribution in [0, 0.1) is 6.92 Å². The number of rotatable bonds is 1. The standard InChI is InChI=1S/C12H10O3.Na/c1-8-6-7-11(12(13)15-14)10-5-3-2-4-9(8)10;/h2-7,14H,1H3;/q;+1/p-1. The van der Waals surface area contributed by atoms with E-state index in [1.54, 1.807) is 18.2 Å². The zero-order valence-electron chi connectivity index (χ0n) is 9.19. The van der Waals surface area contributed by atoms with Crippen molar-refractivity contribution in [1.82, 2.24) is 0 Å². The van der Waals surface area contributed by atoms with E-state index in [0.717, 1.165) is 16.3 Å². The minimum Gasteiger partial charge on any atom is -0.661 e. The van der Waals surface area contributed by atoms with Gasteiger partial charge in [0.1, 0.15) is 0 Å². The predicted octanol–water partition coefficient (Wildman–Crippen LogP) is -1.42. The summed E-state index contributed by atoms with van der Waals surface area (Å²) in [6, 6.07) is 10.8. The van der Waals surface area contributed by atoms with Gasteiger partial charge in [0.15, 0.2) is 0 Å². The Kier molecular flexibility index (Phi) is 4.50. The molecule has 0 amide bonds. The van der Waals surface area contributed by atoms with Crippen LogP contribution in [0.2, 0.25) is 0 Å². The molecule has 0 N–H and O–H groups in total. The third kappa shape index (κ3) is 2.28. The fraction of sp³-hybridized carbons (Fsp3) is 0.0833. The van der Waals surface area contributed by atoms with Crippen LogP contribution in [-0.2, 0) is 4.89 Å². The fourth-order valence-corrected chi connectivity index (χ4v) is 1.67. The maximum absolute atomic E-state index is 11.2. The van der Waals surface area contributed by atoms with Crippen molar-refractivity contribution in [3.05, 3.63) is 47.5 Å². The number of aryl methyl sites for hydroxylation is 1. The third-order valence-corrected chi connectivity index (χ3v) is 2.44. The molecule has 0 unspecified atom stereocenters. The molecule has 0 bridgehead atoms. The molecule has 0 saturated heterocycles. The van der Waals surface area contributed by atoms with Crippen LogP contribution < -0.4 is 34.8 Å². The van der Waals surface area contributed by atoms with E-state index >= 15 is 0 Å². The average molecular weight is 224 g/mol. The maximum Gasteiger partial charge on any atom is 1.00 e. The molecular weight excluding hydrogens is 215 g/mol. The van der Waals surface area contributed by atoms with Crippen LogP contribution in [0.4, 0.5) is 0 Å². The number of carbonyl (C=O) groups is 1. The SMILES string of the molecule is Cc1ccc(C(=O)O[O-])c2ccccc12.[Na+]. The third-order valence-electron chi connectivity index (χ3n) is 2.44. The van der Waals surface area contributed by atoms with Crippen molar-refractivity contribution in [3.63, 3.8) is 0 Å². The second-order valence-corrected chi connectivity index (χ2v) is 3.35. The summed E-state index contributed by atoms with van der Waals surface area (Å²) in [6.45, 7) is 1.95. The number of carbonyl (C=O) groups excluding carboxylic acids is 1. The Balaban J connectivity index is 0.00000128. The van der Waals surface area contributed by atoms with Gasteiger partial charge in [-0.2, -0.15) is 0 Å². The topological polar surface area (TPSA) is 49.4 Å². The summed E-state index contributed by atoms with van der Waals surface area (Å²) < 4.78 is 0. The van der Waals surface area contributed by atoms with E-state index in [4.69, 9.17) is 0 Å². The molecule has 0 aliphatic heterocycles. The van der Waals surface area contributed by atoms with Crippen molar-refractivity contribution in [3.8, 4) is 0 Å². The predicted molar refractivity (Wildman–Crippen MR) is 54.1 cm³/mol. The van der Waals surface area contributed by atoms with Gasteiger partial charge in [-0.25, -0.2) is 4.79 Å². The van der Waals surface area contributed by atoms with E-state index in [2.05, 4.69) is 4.89 Å². The first-order chi connectivity index (χ1) is 7.24. The second kappa shape index (κ2) is 5.46. The minimum atomic E-state index is -0.841. The summed E-state index contributed by atoms with van der Waals surface area (Å²) >= 11 is 0. The number of fused-ring (bicyclic) bond motifs is 1. The molecule has 16 heavy (non-hydrogen) atoms. The zero-order valence-corrected chi connectivity index (χ0v) is 11.2. The normalized spacial score (nSPS) is 9.62. The van der Waals surface area contributed by atoms with Gasteiger partial charge in [0.2, 0.25) is 0 Å². The van der Waals surface area contributed by atoms with Gasteiger partial charge < -0.3 is 10.1 Å². The molecule has 4 heteroatoms. The minimum absolute atomic E-state index is 0. The molecule has 0 radical (unpaired) electrons. The smallest absolute Gasteiger partial charge is 0.661 e. The van der Waals surface area contributed by atoms with E-state index in [1.807, 2.05) is 25.1 Å². The van der Waals surface area contributed by atoms with E-state index in [-0.39, 0.29) is 29.6 Å². The van der Waals surface area contributed by atoms with E-state index in [1.165, 1.54) is 0 Å². The summed E-state index contributed by atoms with van der Waals surface area (Å²) in [5.74, 6) is -0.841. The molecule has 0 aromatic heterocycles. The largest absolute Gasteiger partial charge is 1.00 e. The van der Waals surface area contributed by atoms with Gasteiger partial charge in [-0.05, 0) is 29.3 Å². The first kappa shape index (κ1) is 13.2. The van der Waals surface area contributed by atoms with E-state index in [9.17, 15) is 10.1 Å². The van der Waals surface area contributed by atoms with E-state index in [0.29, 0.717) is 5.56 Å². The average Bonchev–Trinajstić information content (AvgIpc) is 2.29. The molecule has 3 nitrogen and oxygen atoms in total. The molecular formula is C12H9NaO3. The Hall–Kier alpha value is -0.870. The van der Waals surface area contributed by atoms with Crippen molar-refractivity contribution in [2.75, 3.05) is 0 Å². The molecule has 0 aliphatic carbocycles. The van der Waals surface area contributed by atoms with Gasteiger partial charge in [-0.3, -0.25) is 0 Å². The molecule has 2 aromatic carbocycles. The molecule has 2 rings (SSSR count). The first-order valence-corrected chi connectivity index (χ1v) is 4.56. The monoisotopic (exact) mass is 224 g/mol. The Bertz CT molecular complexity index is 523. The molecule has 76 valence electrons. The van der Waals surface area contributed by atoms with Gasteiger partial charge in [-0.1, -0.05) is 30.3 Å². The molecule has 0 spiro atoms. The molecule has 0 saturated carbocycles. The van der Waals surface area contributed by atoms with Crippen molar-refractivity contribution >= 4 is 16.7 Å². The van der Waals surface area contributed by atoms with Crippen LogP contribution in [0.25, 0.3) is 10.8 Å². The molecule has 0 aliphatic rings. The summed E-state index contributed by atoms with van der Waals surface area (Å²) in [7, 11) is 0. The van der Waals surface area contributed by atoms with Crippen LogP contribution in [-0.4, -0.2) is 5.97 Å². The molecule has 0 atom stereocenters. The van der Waals surface area contributed by atoms with Gasteiger partial charge >= 0.3 is 35.5 Å². The Morgan fingerprint density at radius 3 is 2.38 bits per heavy atom. The summed E-state index contributed by atoms with van der Waals surface area (Å²) in [4.78, 5) is 14.7. The van der Waals surface area contributed by atoms with Crippen LogP contribution in [0.15, 0.2) is 36.4 Å². The van der Waals surface area contributed by atoms with Crippen molar-refractivity contribution < 1.29 is 44.5 Å². The summed E-state index contributed by atoms with van der Waals surface area (Å²) in [5.41, 5.74) is 1.37. The van der Waals surface area contributed by atoms with Gasteiger partial charge in [0, 0.05) is 0 Å².